The van der Waals surface area contributed by atoms with Crippen LogP contribution in [-0.4, -0.2) is 57.2 Å². The molecule has 1 aromatic rings. The van der Waals surface area contributed by atoms with Gasteiger partial charge in [-0.3, -0.25) is 14.4 Å². The van der Waals surface area contributed by atoms with E-state index in [0.717, 1.165) is 43.9 Å². The van der Waals surface area contributed by atoms with Crippen molar-refractivity contribution in [3.05, 3.63) is 17.5 Å². The molecule has 5 heteroatoms. The highest BCUT2D eigenvalue weighted by Gasteiger charge is 2.40. The number of carbonyl (C=O) groups is 1. The van der Waals surface area contributed by atoms with Gasteiger partial charge in [0.15, 0.2) is 0 Å². The molecule has 3 rings (SSSR count). The van der Waals surface area contributed by atoms with E-state index in [1.54, 1.807) is 0 Å². The molecule has 2 fully saturated rings. The predicted molar refractivity (Wildman–Crippen MR) is 87.0 cm³/mol. The summed E-state index contributed by atoms with van der Waals surface area (Å²) in [4.78, 5) is 17.7. The molecule has 2 saturated heterocycles. The molecule has 1 aromatic heterocycles. The number of likely N-dealkylation sites (N-methyl/N-ethyl adjacent to an activating group) is 1. The number of rotatable bonds is 4. The second-order valence-corrected chi connectivity index (χ2v) is 6.53. The first-order valence-electron chi connectivity index (χ1n) is 8.75. The molecular formula is C17H28N4O. The van der Waals surface area contributed by atoms with Crippen LogP contribution < -0.4 is 0 Å². The lowest BCUT2D eigenvalue weighted by Gasteiger charge is -2.34. The second kappa shape index (κ2) is 6.41. The van der Waals surface area contributed by atoms with Crippen LogP contribution in [0.5, 0.6) is 0 Å². The molecule has 2 aliphatic rings. The lowest BCUT2D eigenvalue weighted by Crippen LogP contribution is -2.48. The molecule has 0 spiro atoms. The van der Waals surface area contributed by atoms with Crippen LogP contribution in [0.3, 0.4) is 0 Å². The molecule has 0 radical (unpaired) electrons. The van der Waals surface area contributed by atoms with E-state index < -0.39 is 0 Å². The Balaban J connectivity index is 1.82. The monoisotopic (exact) mass is 304 g/mol. The van der Waals surface area contributed by atoms with Crippen molar-refractivity contribution in [2.75, 3.05) is 19.6 Å². The Morgan fingerprint density at radius 3 is 2.64 bits per heavy atom. The number of hydrogen-bond donors (Lipinski definition) is 0. The van der Waals surface area contributed by atoms with E-state index in [4.69, 9.17) is 0 Å². The maximum absolute atomic E-state index is 13.0. The third-order valence-corrected chi connectivity index (χ3v) is 5.25. The zero-order chi connectivity index (χ0) is 15.7. The van der Waals surface area contributed by atoms with Gasteiger partial charge in [-0.25, -0.2) is 0 Å². The summed E-state index contributed by atoms with van der Waals surface area (Å²) < 4.78 is 1.85. The molecule has 2 atom stereocenters. The van der Waals surface area contributed by atoms with Gasteiger partial charge >= 0.3 is 0 Å². The Morgan fingerprint density at radius 2 is 1.91 bits per heavy atom. The van der Waals surface area contributed by atoms with Gasteiger partial charge in [0.25, 0.3) is 5.91 Å². The summed E-state index contributed by atoms with van der Waals surface area (Å²) in [5.41, 5.74) is 1.69. The lowest BCUT2D eigenvalue weighted by molar-refractivity contribution is 0.0637. The fraction of sp³-hybridized carbons (Fsp3) is 0.765. The van der Waals surface area contributed by atoms with Crippen molar-refractivity contribution in [1.29, 1.82) is 0 Å². The largest absolute Gasteiger partial charge is 0.333 e. The van der Waals surface area contributed by atoms with Crippen molar-refractivity contribution >= 4 is 5.91 Å². The Bertz CT molecular complexity index is 539. The van der Waals surface area contributed by atoms with Gasteiger partial charge in [-0.15, -0.1) is 0 Å². The summed E-state index contributed by atoms with van der Waals surface area (Å²) in [6.07, 6.45) is 4.77. The van der Waals surface area contributed by atoms with E-state index in [1.165, 1.54) is 19.4 Å². The molecule has 0 aliphatic carbocycles. The molecule has 2 aliphatic heterocycles. The van der Waals surface area contributed by atoms with Crippen LogP contribution in [0, 0.1) is 6.92 Å². The van der Waals surface area contributed by atoms with Crippen molar-refractivity contribution in [3.63, 3.8) is 0 Å². The molecule has 122 valence electrons. The van der Waals surface area contributed by atoms with Crippen LogP contribution in [0.15, 0.2) is 6.07 Å². The van der Waals surface area contributed by atoms with Crippen molar-refractivity contribution in [3.8, 4) is 0 Å². The van der Waals surface area contributed by atoms with Gasteiger partial charge in [0, 0.05) is 25.2 Å². The third kappa shape index (κ3) is 2.67. The third-order valence-electron chi connectivity index (χ3n) is 5.25. The number of amides is 1. The second-order valence-electron chi connectivity index (χ2n) is 6.53. The number of carbonyl (C=O) groups excluding carboxylic acids is 1. The quantitative estimate of drug-likeness (QED) is 0.857. The lowest BCUT2D eigenvalue weighted by atomic mass is 10.0. The summed E-state index contributed by atoms with van der Waals surface area (Å²) >= 11 is 0. The van der Waals surface area contributed by atoms with Gasteiger partial charge in [0.05, 0.1) is 5.69 Å². The van der Waals surface area contributed by atoms with Crippen LogP contribution in [0.25, 0.3) is 0 Å². The molecule has 22 heavy (non-hydrogen) atoms. The molecule has 0 N–H and O–H groups in total. The molecular weight excluding hydrogens is 276 g/mol. The van der Waals surface area contributed by atoms with E-state index >= 15 is 0 Å². The van der Waals surface area contributed by atoms with Crippen LogP contribution in [-0.2, 0) is 6.54 Å². The van der Waals surface area contributed by atoms with Gasteiger partial charge in [0.2, 0.25) is 0 Å². The van der Waals surface area contributed by atoms with Crippen molar-refractivity contribution < 1.29 is 4.79 Å². The van der Waals surface area contributed by atoms with E-state index in [0.29, 0.717) is 12.1 Å². The molecule has 0 unspecified atom stereocenters. The van der Waals surface area contributed by atoms with Crippen LogP contribution in [0.2, 0.25) is 0 Å². The maximum atomic E-state index is 13.0. The van der Waals surface area contributed by atoms with Gasteiger partial charge < -0.3 is 4.90 Å². The number of aromatic nitrogens is 2. The van der Waals surface area contributed by atoms with Crippen LogP contribution >= 0.6 is 0 Å². The molecule has 0 aromatic carbocycles. The summed E-state index contributed by atoms with van der Waals surface area (Å²) in [7, 11) is 0. The summed E-state index contributed by atoms with van der Waals surface area (Å²) in [5, 5.41) is 4.43. The van der Waals surface area contributed by atoms with E-state index in [2.05, 4.69) is 21.8 Å². The standard InChI is InChI=1S/C17H28N4O/c1-4-19-10-6-8-14(19)15-9-7-11-20(15)17(22)16-12-13(3)18-21(16)5-2/h12,14-15H,4-11H2,1-3H3/t14-,15+/m0/s1. The molecule has 0 bridgehead atoms. The molecule has 3 heterocycles. The van der Waals surface area contributed by atoms with E-state index in [9.17, 15) is 4.79 Å². The maximum Gasteiger partial charge on any atom is 0.272 e. The first-order chi connectivity index (χ1) is 10.7. The SMILES string of the molecule is CCN1CCC[C@H]1[C@H]1CCCN1C(=O)c1cc(C)nn1CC. The summed E-state index contributed by atoms with van der Waals surface area (Å²) in [6, 6.07) is 2.87. The Hall–Kier alpha value is -1.36. The number of likely N-dealkylation sites (tertiary alicyclic amines) is 2. The van der Waals surface area contributed by atoms with Crippen molar-refractivity contribution in [2.24, 2.45) is 0 Å². The number of hydrogen-bond acceptors (Lipinski definition) is 3. The number of aryl methyl sites for hydroxylation is 2. The minimum atomic E-state index is 0.174. The van der Waals surface area contributed by atoms with Gasteiger partial charge in [-0.1, -0.05) is 6.92 Å². The van der Waals surface area contributed by atoms with Gasteiger partial charge in [-0.05, 0) is 58.7 Å². The van der Waals surface area contributed by atoms with Gasteiger partial charge in [0.1, 0.15) is 5.69 Å². The van der Waals surface area contributed by atoms with Crippen molar-refractivity contribution in [1.82, 2.24) is 19.6 Å². The highest BCUT2D eigenvalue weighted by atomic mass is 16.2. The average Bonchev–Trinajstić information content (AvgIpc) is 3.23. The Morgan fingerprint density at radius 1 is 1.18 bits per heavy atom. The topological polar surface area (TPSA) is 41.4 Å². The average molecular weight is 304 g/mol. The van der Waals surface area contributed by atoms with Crippen LogP contribution in [0.1, 0.15) is 55.7 Å². The fourth-order valence-electron chi connectivity index (χ4n) is 4.23. The van der Waals surface area contributed by atoms with E-state index in [1.807, 2.05) is 24.6 Å². The smallest absolute Gasteiger partial charge is 0.272 e. The Labute approximate surface area is 133 Å². The fourth-order valence-corrected chi connectivity index (χ4v) is 4.23. The predicted octanol–water partition coefficient (Wildman–Crippen LogP) is 2.30. The van der Waals surface area contributed by atoms with Crippen LogP contribution in [0.4, 0.5) is 0 Å². The minimum Gasteiger partial charge on any atom is -0.333 e. The zero-order valence-corrected chi connectivity index (χ0v) is 14.1. The van der Waals surface area contributed by atoms with Gasteiger partial charge in [-0.2, -0.15) is 5.10 Å². The minimum absolute atomic E-state index is 0.174. The first kappa shape index (κ1) is 15.5. The molecule has 1 amide bonds. The Kier molecular flexibility index (Phi) is 4.52. The van der Waals surface area contributed by atoms with E-state index in [-0.39, 0.29) is 5.91 Å². The highest BCUT2D eigenvalue weighted by Crippen LogP contribution is 2.30. The normalized spacial score (nSPS) is 26.0. The summed E-state index contributed by atoms with van der Waals surface area (Å²) in [6.45, 7) is 10.2. The molecule has 5 nitrogen and oxygen atoms in total. The van der Waals surface area contributed by atoms with Crippen molar-refractivity contribution in [2.45, 2.75) is 65.1 Å². The molecule has 0 saturated carbocycles. The zero-order valence-electron chi connectivity index (χ0n) is 14.1. The highest BCUT2D eigenvalue weighted by molar-refractivity contribution is 5.93. The first-order valence-corrected chi connectivity index (χ1v) is 8.75. The summed E-state index contributed by atoms with van der Waals surface area (Å²) in [5.74, 6) is 0.174. The number of nitrogens with zero attached hydrogens (tertiary/aromatic N) is 4.